The summed E-state index contributed by atoms with van der Waals surface area (Å²) in [6.45, 7) is 4.14. The molecule has 1 aliphatic rings. The molecular formula is C13H19ClN2O2S2. The summed E-state index contributed by atoms with van der Waals surface area (Å²) in [6, 6.07) is 0. The van der Waals surface area contributed by atoms with E-state index in [0.29, 0.717) is 10.1 Å². The van der Waals surface area contributed by atoms with Gasteiger partial charge in [-0.1, -0.05) is 36.3 Å². The largest absolute Gasteiger partial charge is 0.465 e. The molecule has 1 unspecified atom stereocenters. The Labute approximate surface area is 132 Å². The first-order valence-electron chi connectivity index (χ1n) is 6.76. The number of rotatable bonds is 4. The summed E-state index contributed by atoms with van der Waals surface area (Å²) in [5.41, 5.74) is 0. The second kappa shape index (κ2) is 7.52. The van der Waals surface area contributed by atoms with Gasteiger partial charge in [-0.3, -0.25) is 0 Å². The van der Waals surface area contributed by atoms with E-state index in [2.05, 4.69) is 16.8 Å². The van der Waals surface area contributed by atoms with Crippen molar-refractivity contribution in [3.8, 4) is 0 Å². The van der Waals surface area contributed by atoms with Crippen molar-refractivity contribution < 1.29 is 9.53 Å². The van der Waals surface area contributed by atoms with Crippen LogP contribution in [0.4, 0.5) is 5.13 Å². The highest BCUT2D eigenvalue weighted by molar-refractivity contribution is 7.99. The number of anilines is 1. The van der Waals surface area contributed by atoms with Crippen LogP contribution in [-0.4, -0.2) is 42.2 Å². The highest BCUT2D eigenvalue weighted by atomic mass is 35.5. The van der Waals surface area contributed by atoms with Crippen molar-refractivity contribution in [3.63, 3.8) is 0 Å². The molecule has 0 aromatic carbocycles. The van der Waals surface area contributed by atoms with Gasteiger partial charge in [0.15, 0.2) is 15.2 Å². The standard InChI is InChI=1S/C13H19ClN2O2S2/c1-3-19-9-6-4-5-7-16(8-9)13-15-11(14)10(20-13)12(17)18-2/h9H,3-8H2,1-2H3. The van der Waals surface area contributed by atoms with Crippen LogP contribution in [0.25, 0.3) is 0 Å². The summed E-state index contributed by atoms with van der Waals surface area (Å²) >= 11 is 9.37. The molecule has 1 fully saturated rings. The average Bonchev–Trinajstić information content (AvgIpc) is 2.68. The lowest BCUT2D eigenvalue weighted by molar-refractivity contribution is 0.0606. The summed E-state index contributed by atoms with van der Waals surface area (Å²) in [7, 11) is 1.36. The van der Waals surface area contributed by atoms with Crippen LogP contribution in [-0.2, 0) is 4.74 Å². The Kier molecular flexibility index (Phi) is 5.99. The maximum absolute atomic E-state index is 11.6. The van der Waals surface area contributed by atoms with E-state index in [1.165, 1.54) is 31.3 Å². The molecule has 2 heterocycles. The molecule has 2 rings (SSSR count). The number of halogens is 1. The van der Waals surface area contributed by atoms with Gasteiger partial charge in [0.05, 0.1) is 7.11 Å². The van der Waals surface area contributed by atoms with Gasteiger partial charge in [0, 0.05) is 18.3 Å². The van der Waals surface area contributed by atoms with Gasteiger partial charge >= 0.3 is 5.97 Å². The number of thiazole rings is 1. The monoisotopic (exact) mass is 334 g/mol. The van der Waals surface area contributed by atoms with Gasteiger partial charge in [-0.25, -0.2) is 9.78 Å². The van der Waals surface area contributed by atoms with Crippen LogP contribution in [0.15, 0.2) is 0 Å². The molecule has 4 nitrogen and oxygen atoms in total. The first-order chi connectivity index (χ1) is 9.65. The molecule has 0 spiro atoms. The summed E-state index contributed by atoms with van der Waals surface area (Å²) in [6.07, 6.45) is 3.65. The predicted molar refractivity (Wildman–Crippen MR) is 86.4 cm³/mol. The first-order valence-corrected chi connectivity index (χ1v) is 9.01. The Balaban J connectivity index is 2.15. The van der Waals surface area contributed by atoms with E-state index in [1.807, 2.05) is 11.8 Å². The zero-order valence-electron chi connectivity index (χ0n) is 11.7. The molecule has 1 aromatic heterocycles. The molecular weight excluding hydrogens is 316 g/mol. The molecule has 1 saturated heterocycles. The number of methoxy groups -OCH3 is 1. The summed E-state index contributed by atoms with van der Waals surface area (Å²) < 4.78 is 4.73. The molecule has 0 radical (unpaired) electrons. The van der Waals surface area contributed by atoms with E-state index in [-0.39, 0.29) is 5.15 Å². The maximum Gasteiger partial charge on any atom is 0.351 e. The van der Waals surface area contributed by atoms with Crippen LogP contribution >= 0.6 is 34.7 Å². The molecule has 0 amide bonds. The molecule has 20 heavy (non-hydrogen) atoms. The first kappa shape index (κ1) is 15.9. The molecule has 0 N–H and O–H groups in total. The lowest BCUT2D eigenvalue weighted by Gasteiger charge is -2.23. The lowest BCUT2D eigenvalue weighted by atomic mass is 10.2. The number of nitrogens with zero attached hydrogens (tertiary/aromatic N) is 2. The van der Waals surface area contributed by atoms with Gasteiger partial charge in [-0.05, 0) is 18.6 Å². The Bertz CT molecular complexity index is 467. The third-order valence-corrected chi connectivity index (χ3v) is 5.92. The van der Waals surface area contributed by atoms with Crippen molar-refractivity contribution in [1.82, 2.24) is 4.98 Å². The van der Waals surface area contributed by atoms with Crippen molar-refractivity contribution in [2.24, 2.45) is 0 Å². The lowest BCUT2D eigenvalue weighted by Crippen LogP contribution is -2.29. The molecule has 1 atom stereocenters. The van der Waals surface area contributed by atoms with Crippen LogP contribution in [0, 0.1) is 0 Å². The third kappa shape index (κ3) is 3.80. The Morgan fingerprint density at radius 2 is 2.40 bits per heavy atom. The normalized spacial score (nSPS) is 19.8. The smallest absolute Gasteiger partial charge is 0.351 e. The van der Waals surface area contributed by atoms with Gasteiger partial charge < -0.3 is 9.64 Å². The Morgan fingerprint density at radius 1 is 1.60 bits per heavy atom. The van der Waals surface area contributed by atoms with E-state index in [9.17, 15) is 4.79 Å². The van der Waals surface area contributed by atoms with E-state index < -0.39 is 5.97 Å². The quantitative estimate of drug-likeness (QED) is 0.785. The highest BCUT2D eigenvalue weighted by Gasteiger charge is 2.24. The van der Waals surface area contributed by atoms with Crippen LogP contribution in [0.2, 0.25) is 5.15 Å². The number of carbonyl (C=O) groups excluding carboxylic acids is 1. The van der Waals surface area contributed by atoms with Crippen molar-refractivity contribution in [1.29, 1.82) is 0 Å². The Hall–Kier alpha value is -0.460. The minimum absolute atomic E-state index is 0.251. The van der Waals surface area contributed by atoms with Gasteiger partial charge in [0.1, 0.15) is 0 Å². The number of thioether (sulfide) groups is 1. The zero-order valence-corrected chi connectivity index (χ0v) is 14.1. The van der Waals surface area contributed by atoms with Crippen molar-refractivity contribution >= 4 is 45.8 Å². The number of hydrogen-bond donors (Lipinski definition) is 0. The average molecular weight is 335 g/mol. The number of esters is 1. The maximum atomic E-state index is 11.6. The molecule has 1 aliphatic heterocycles. The van der Waals surface area contributed by atoms with Crippen molar-refractivity contribution in [2.45, 2.75) is 31.4 Å². The molecule has 0 saturated carbocycles. The van der Waals surface area contributed by atoms with E-state index in [0.717, 1.165) is 30.4 Å². The third-order valence-electron chi connectivity index (χ3n) is 3.25. The number of ether oxygens (including phenoxy) is 1. The van der Waals surface area contributed by atoms with Crippen molar-refractivity contribution in [2.75, 3.05) is 30.9 Å². The highest BCUT2D eigenvalue weighted by Crippen LogP contribution is 2.33. The molecule has 0 bridgehead atoms. The number of hydrogen-bond acceptors (Lipinski definition) is 6. The number of carbonyl (C=O) groups is 1. The second-order valence-corrected chi connectivity index (χ2v) is 7.54. The fourth-order valence-electron chi connectivity index (χ4n) is 2.29. The minimum atomic E-state index is -0.409. The van der Waals surface area contributed by atoms with Crippen LogP contribution < -0.4 is 4.90 Å². The molecule has 112 valence electrons. The summed E-state index contributed by atoms with van der Waals surface area (Å²) in [5.74, 6) is 0.720. The van der Waals surface area contributed by atoms with Gasteiger partial charge in [0.25, 0.3) is 0 Å². The number of aromatic nitrogens is 1. The fourth-order valence-corrected chi connectivity index (χ4v) is 4.62. The van der Waals surface area contributed by atoms with Crippen LogP contribution in [0.1, 0.15) is 35.9 Å². The SMILES string of the molecule is CCSC1CCCCN(c2nc(Cl)c(C(=O)OC)s2)C1. The van der Waals surface area contributed by atoms with E-state index >= 15 is 0 Å². The topological polar surface area (TPSA) is 42.4 Å². The summed E-state index contributed by atoms with van der Waals surface area (Å²) in [5, 5.41) is 1.71. The van der Waals surface area contributed by atoms with Crippen LogP contribution in [0.3, 0.4) is 0 Å². The van der Waals surface area contributed by atoms with Crippen molar-refractivity contribution in [3.05, 3.63) is 10.0 Å². The molecule has 7 heteroatoms. The predicted octanol–water partition coefficient (Wildman–Crippen LogP) is 3.70. The molecule has 1 aromatic rings. The van der Waals surface area contributed by atoms with E-state index in [4.69, 9.17) is 16.3 Å². The van der Waals surface area contributed by atoms with Gasteiger partial charge in [-0.15, -0.1) is 0 Å². The second-order valence-electron chi connectivity index (χ2n) is 4.63. The fraction of sp³-hybridized carbons (Fsp3) is 0.692. The van der Waals surface area contributed by atoms with Gasteiger partial charge in [0.2, 0.25) is 0 Å². The summed E-state index contributed by atoms with van der Waals surface area (Å²) in [4.78, 5) is 18.6. The minimum Gasteiger partial charge on any atom is -0.465 e. The Morgan fingerprint density at radius 3 is 3.10 bits per heavy atom. The zero-order chi connectivity index (χ0) is 14.5. The van der Waals surface area contributed by atoms with Crippen LogP contribution in [0.5, 0.6) is 0 Å². The van der Waals surface area contributed by atoms with E-state index in [1.54, 1.807) is 0 Å². The molecule has 0 aliphatic carbocycles. The van der Waals surface area contributed by atoms with Gasteiger partial charge in [-0.2, -0.15) is 11.8 Å².